The zero-order valence-electron chi connectivity index (χ0n) is 33.3. The third kappa shape index (κ3) is 5.83. The summed E-state index contributed by atoms with van der Waals surface area (Å²) in [6, 6.07) is 2.24. The number of fused-ring (bicyclic) bond motifs is 13. The number of ether oxygens (including phenoxy) is 3. The van der Waals surface area contributed by atoms with E-state index in [4.69, 9.17) is 14.2 Å². The van der Waals surface area contributed by atoms with Crippen LogP contribution in [0, 0.1) is 59.2 Å². The molecule has 8 saturated carbocycles. The van der Waals surface area contributed by atoms with Crippen molar-refractivity contribution in [3.8, 4) is 0 Å². The Kier molecular flexibility index (Phi) is 9.61. The number of rotatable bonds is 4. The summed E-state index contributed by atoms with van der Waals surface area (Å²) in [5.41, 5.74) is 0. The molecule has 0 aromatic heterocycles. The predicted molar refractivity (Wildman–Crippen MR) is 214 cm³/mol. The van der Waals surface area contributed by atoms with Crippen molar-refractivity contribution in [2.45, 2.75) is 239 Å². The van der Waals surface area contributed by atoms with Gasteiger partial charge in [-0.2, -0.15) is 11.8 Å². The van der Waals surface area contributed by atoms with Crippen LogP contribution >= 0.6 is 11.8 Å². The van der Waals surface area contributed by atoms with Crippen LogP contribution in [0.3, 0.4) is 0 Å². The number of hydrogen-bond acceptors (Lipinski definition) is 5. The van der Waals surface area contributed by atoms with Gasteiger partial charge in [-0.15, -0.1) is 0 Å². The highest BCUT2D eigenvalue weighted by Gasteiger charge is 2.62. The average Bonchev–Trinajstić information content (AvgIpc) is 3.98. The SMILES string of the molecule is C1CCC2C(C1)OC1C(C3CCC(N(C4CCCC5C6CCC7OC8CCCCC8C7C6OC54)C4CCCC5C6CCCCC6SC54)CC3)CCCC21. The molecular weight excluding hydrogens is 671 g/mol. The maximum Gasteiger partial charge on any atom is 0.0766 e. The van der Waals surface area contributed by atoms with Crippen molar-refractivity contribution in [1.82, 2.24) is 4.90 Å². The third-order valence-electron chi connectivity index (χ3n) is 19.9. The zero-order valence-corrected chi connectivity index (χ0v) is 34.1. The molecule has 19 unspecified atom stereocenters. The molecule has 5 heteroatoms. The fourth-order valence-corrected chi connectivity index (χ4v) is 20.2. The lowest BCUT2D eigenvalue weighted by molar-refractivity contribution is -0.106. The van der Waals surface area contributed by atoms with Crippen LogP contribution in [0.15, 0.2) is 0 Å². The maximum atomic E-state index is 7.78. The zero-order chi connectivity index (χ0) is 34.6. The van der Waals surface area contributed by atoms with E-state index in [0.29, 0.717) is 48.6 Å². The Morgan fingerprint density at radius 1 is 0.358 bits per heavy atom. The summed E-state index contributed by atoms with van der Waals surface area (Å²) >= 11 is 2.54. The van der Waals surface area contributed by atoms with E-state index in [1.807, 2.05) is 0 Å². The van der Waals surface area contributed by atoms with Gasteiger partial charge in [0.2, 0.25) is 0 Å². The van der Waals surface area contributed by atoms with E-state index in [9.17, 15) is 0 Å². The fraction of sp³-hybridized carbons (Fsp3) is 1.00. The van der Waals surface area contributed by atoms with Gasteiger partial charge >= 0.3 is 0 Å². The monoisotopic (exact) mass is 746 g/mol. The molecule has 296 valence electrons. The fourth-order valence-electron chi connectivity index (χ4n) is 18.0. The highest BCUT2D eigenvalue weighted by atomic mass is 32.2. The molecule has 4 saturated heterocycles. The van der Waals surface area contributed by atoms with E-state index in [1.165, 1.54) is 173 Å². The summed E-state index contributed by atoms with van der Waals surface area (Å²) in [4.78, 5) is 3.38. The molecule has 0 aromatic rings. The molecule has 12 fully saturated rings. The van der Waals surface area contributed by atoms with Crippen LogP contribution in [-0.4, -0.2) is 70.1 Å². The molecule has 12 aliphatic rings. The smallest absolute Gasteiger partial charge is 0.0766 e. The minimum absolute atomic E-state index is 0.487. The summed E-state index contributed by atoms with van der Waals surface area (Å²) in [5, 5.41) is 1.86. The van der Waals surface area contributed by atoms with Crippen LogP contribution in [0.2, 0.25) is 0 Å². The first-order valence-electron chi connectivity index (χ1n) is 24.7. The second-order valence-corrected chi connectivity index (χ2v) is 23.2. The van der Waals surface area contributed by atoms with E-state index in [-0.39, 0.29) is 0 Å². The van der Waals surface area contributed by atoms with E-state index in [2.05, 4.69) is 16.7 Å². The predicted octanol–water partition coefficient (Wildman–Crippen LogP) is 11.0. The van der Waals surface area contributed by atoms with Crippen LogP contribution in [0.25, 0.3) is 0 Å². The van der Waals surface area contributed by atoms with Gasteiger partial charge in [-0.25, -0.2) is 0 Å². The molecule has 0 radical (unpaired) electrons. The minimum Gasteiger partial charge on any atom is -0.374 e. The largest absolute Gasteiger partial charge is 0.374 e. The molecule has 0 N–H and O–H groups in total. The Bertz CT molecular complexity index is 1300. The Hall–Kier alpha value is 0.190. The van der Waals surface area contributed by atoms with Crippen LogP contribution < -0.4 is 0 Å². The van der Waals surface area contributed by atoms with Gasteiger partial charge in [0.25, 0.3) is 0 Å². The maximum absolute atomic E-state index is 7.78. The highest BCUT2D eigenvalue weighted by molar-refractivity contribution is 8.00. The summed E-state index contributed by atoms with van der Waals surface area (Å²) in [7, 11) is 0. The molecule has 53 heavy (non-hydrogen) atoms. The Morgan fingerprint density at radius 2 is 0.981 bits per heavy atom. The van der Waals surface area contributed by atoms with E-state index >= 15 is 0 Å². The summed E-state index contributed by atoms with van der Waals surface area (Å²) in [6.45, 7) is 0. The summed E-state index contributed by atoms with van der Waals surface area (Å²) in [6.07, 6.45) is 42.3. The van der Waals surface area contributed by atoms with E-state index in [1.54, 1.807) is 0 Å². The molecule has 19 atom stereocenters. The first-order valence-corrected chi connectivity index (χ1v) is 25.6. The molecule has 4 aliphatic heterocycles. The lowest BCUT2D eigenvalue weighted by atomic mass is 9.64. The first-order chi connectivity index (χ1) is 26.3. The normalized spacial score (nSPS) is 57.3. The van der Waals surface area contributed by atoms with Crippen molar-refractivity contribution >= 4 is 11.8 Å². The number of hydrogen-bond donors (Lipinski definition) is 0. The van der Waals surface area contributed by atoms with E-state index in [0.717, 1.165) is 75.8 Å². The van der Waals surface area contributed by atoms with Gasteiger partial charge in [-0.1, -0.05) is 57.8 Å². The second kappa shape index (κ2) is 14.5. The minimum atomic E-state index is 0.487. The van der Waals surface area contributed by atoms with Crippen molar-refractivity contribution in [3.63, 3.8) is 0 Å². The second-order valence-electron chi connectivity index (χ2n) is 21.8. The van der Waals surface area contributed by atoms with Crippen LogP contribution in [-0.2, 0) is 14.2 Å². The van der Waals surface area contributed by atoms with Gasteiger partial charge in [0, 0.05) is 34.5 Å². The van der Waals surface area contributed by atoms with Crippen molar-refractivity contribution < 1.29 is 14.2 Å². The van der Waals surface area contributed by atoms with Crippen molar-refractivity contribution in [2.24, 2.45) is 59.2 Å². The molecule has 0 bridgehead atoms. The molecule has 0 spiro atoms. The lowest BCUT2D eigenvalue weighted by Gasteiger charge is -2.54. The Labute approximate surface area is 327 Å². The van der Waals surface area contributed by atoms with Crippen LogP contribution in [0.1, 0.15) is 173 Å². The van der Waals surface area contributed by atoms with Crippen molar-refractivity contribution in [3.05, 3.63) is 0 Å². The number of thioether (sulfide) groups is 1. The van der Waals surface area contributed by atoms with Crippen molar-refractivity contribution in [1.29, 1.82) is 0 Å². The van der Waals surface area contributed by atoms with E-state index < -0.39 is 0 Å². The average molecular weight is 746 g/mol. The summed E-state index contributed by atoms with van der Waals surface area (Å²) in [5.74, 6) is 8.69. The molecule has 8 aliphatic carbocycles. The van der Waals surface area contributed by atoms with Gasteiger partial charge in [0.05, 0.1) is 36.6 Å². The van der Waals surface area contributed by atoms with Gasteiger partial charge in [0.15, 0.2) is 0 Å². The topological polar surface area (TPSA) is 30.9 Å². The molecular formula is C48H75NO3S. The molecule has 0 aromatic carbocycles. The van der Waals surface area contributed by atoms with Gasteiger partial charge < -0.3 is 14.2 Å². The third-order valence-corrected chi connectivity index (χ3v) is 21.8. The molecule has 0 amide bonds. The Morgan fingerprint density at radius 3 is 1.83 bits per heavy atom. The van der Waals surface area contributed by atoms with Gasteiger partial charge in [-0.05, 0) is 169 Å². The van der Waals surface area contributed by atoms with Crippen molar-refractivity contribution in [2.75, 3.05) is 0 Å². The highest BCUT2D eigenvalue weighted by Crippen LogP contribution is 2.60. The lowest BCUT2D eigenvalue weighted by Crippen LogP contribution is -2.61. The number of nitrogens with zero attached hydrogens (tertiary/aromatic N) is 1. The molecule has 12 rings (SSSR count). The molecule has 4 nitrogen and oxygen atoms in total. The van der Waals surface area contributed by atoms with Gasteiger partial charge in [-0.3, -0.25) is 4.90 Å². The Balaban J connectivity index is 0.824. The van der Waals surface area contributed by atoms with Crippen LogP contribution in [0.4, 0.5) is 0 Å². The quantitative estimate of drug-likeness (QED) is 0.286. The van der Waals surface area contributed by atoms with Crippen LogP contribution in [0.5, 0.6) is 0 Å². The summed E-state index contributed by atoms with van der Waals surface area (Å²) < 4.78 is 21.8. The first kappa shape index (κ1) is 35.2. The molecule has 4 heterocycles. The van der Waals surface area contributed by atoms with Gasteiger partial charge in [0.1, 0.15) is 0 Å². The standard InChI is InChI=1S/C48H75NO3S/c1-4-19-40-31(10-1)33-14-7-13-30(45(33)51-40)28-22-24-29(25-23-28)49(39-18-9-16-36-32-11-3-6-21-43(32)53-48(36)39)38-17-8-15-34-35-26-27-42-44(47(35)52-46(34)38)37-12-2-5-20-41(37)50-42/h28-48H,1-27H2.